The maximum Gasteiger partial charge on any atom is 0.0492 e. The Balaban J connectivity index is 3.08. The van der Waals surface area contributed by atoms with Gasteiger partial charge in [-0.25, -0.2) is 0 Å². The van der Waals surface area contributed by atoms with E-state index in [0.29, 0.717) is 5.92 Å². The molecule has 0 heterocycles. The van der Waals surface area contributed by atoms with E-state index in [0.717, 1.165) is 32.0 Å². The number of aliphatic hydroxyl groups excluding tert-OH is 1. The standard InChI is InChI=1S/C10H22O2/c1-9(2)5-7-12-8-10(3)4-6-11/h9-11H,4-8H2,1-3H3. The summed E-state index contributed by atoms with van der Waals surface area (Å²) in [5.41, 5.74) is 0. The molecule has 0 radical (unpaired) electrons. The molecule has 0 bridgehead atoms. The van der Waals surface area contributed by atoms with Gasteiger partial charge in [-0.3, -0.25) is 0 Å². The van der Waals surface area contributed by atoms with Crippen LogP contribution in [0.15, 0.2) is 0 Å². The van der Waals surface area contributed by atoms with Gasteiger partial charge in [0.1, 0.15) is 0 Å². The zero-order valence-corrected chi connectivity index (χ0v) is 8.55. The van der Waals surface area contributed by atoms with Crippen LogP contribution < -0.4 is 0 Å². The van der Waals surface area contributed by atoms with Gasteiger partial charge in [0.05, 0.1) is 0 Å². The predicted molar refractivity (Wildman–Crippen MR) is 51.1 cm³/mol. The molecule has 0 aliphatic heterocycles. The number of ether oxygens (including phenoxy) is 1. The normalized spacial score (nSPS) is 13.8. The molecule has 74 valence electrons. The molecule has 0 rings (SSSR count). The van der Waals surface area contributed by atoms with Crippen molar-refractivity contribution in [3.05, 3.63) is 0 Å². The predicted octanol–water partition coefficient (Wildman–Crippen LogP) is 2.07. The zero-order valence-electron chi connectivity index (χ0n) is 8.55. The van der Waals surface area contributed by atoms with Crippen LogP contribution in [0.3, 0.4) is 0 Å². The molecular formula is C10H22O2. The first-order valence-electron chi connectivity index (χ1n) is 4.85. The van der Waals surface area contributed by atoms with Gasteiger partial charge in [0.15, 0.2) is 0 Å². The molecule has 0 aromatic carbocycles. The molecule has 0 aromatic rings. The molecule has 0 amide bonds. The minimum absolute atomic E-state index is 0.273. The Bertz CT molecular complexity index is 91.8. The number of rotatable bonds is 7. The van der Waals surface area contributed by atoms with Crippen molar-refractivity contribution in [2.75, 3.05) is 19.8 Å². The van der Waals surface area contributed by atoms with Crippen LogP contribution in [0, 0.1) is 11.8 Å². The van der Waals surface area contributed by atoms with E-state index >= 15 is 0 Å². The lowest BCUT2D eigenvalue weighted by Gasteiger charge is -2.11. The van der Waals surface area contributed by atoms with Crippen LogP contribution in [0.5, 0.6) is 0 Å². The minimum Gasteiger partial charge on any atom is -0.396 e. The summed E-state index contributed by atoms with van der Waals surface area (Å²) < 4.78 is 5.45. The van der Waals surface area contributed by atoms with E-state index < -0.39 is 0 Å². The zero-order chi connectivity index (χ0) is 9.40. The molecule has 0 aliphatic rings. The highest BCUT2D eigenvalue weighted by Gasteiger charge is 2.01. The topological polar surface area (TPSA) is 29.5 Å². The fraction of sp³-hybridized carbons (Fsp3) is 1.00. The van der Waals surface area contributed by atoms with Crippen molar-refractivity contribution in [3.63, 3.8) is 0 Å². The Morgan fingerprint density at radius 2 is 1.83 bits per heavy atom. The van der Waals surface area contributed by atoms with Gasteiger partial charge in [-0.15, -0.1) is 0 Å². The van der Waals surface area contributed by atoms with Crippen molar-refractivity contribution in [2.45, 2.75) is 33.6 Å². The lowest BCUT2D eigenvalue weighted by Crippen LogP contribution is -2.09. The molecule has 12 heavy (non-hydrogen) atoms. The second kappa shape index (κ2) is 7.56. The molecule has 2 heteroatoms. The van der Waals surface area contributed by atoms with E-state index in [1.807, 2.05) is 0 Å². The fourth-order valence-corrected chi connectivity index (χ4v) is 0.907. The monoisotopic (exact) mass is 174 g/mol. The summed E-state index contributed by atoms with van der Waals surface area (Å²) in [5.74, 6) is 1.21. The average Bonchev–Trinajstić information content (AvgIpc) is 1.98. The second-order valence-electron chi connectivity index (χ2n) is 3.87. The number of hydrogen-bond donors (Lipinski definition) is 1. The van der Waals surface area contributed by atoms with Crippen molar-refractivity contribution >= 4 is 0 Å². The van der Waals surface area contributed by atoms with Crippen LogP contribution in [0.4, 0.5) is 0 Å². The fourth-order valence-electron chi connectivity index (χ4n) is 0.907. The van der Waals surface area contributed by atoms with Gasteiger partial charge in [0, 0.05) is 19.8 Å². The van der Waals surface area contributed by atoms with Crippen LogP contribution in [0.1, 0.15) is 33.6 Å². The highest BCUT2D eigenvalue weighted by molar-refractivity contribution is 4.50. The molecule has 0 saturated carbocycles. The van der Waals surface area contributed by atoms with E-state index in [1.165, 1.54) is 0 Å². The Hall–Kier alpha value is -0.0800. The Morgan fingerprint density at radius 3 is 2.33 bits per heavy atom. The Morgan fingerprint density at radius 1 is 1.17 bits per heavy atom. The molecular weight excluding hydrogens is 152 g/mol. The van der Waals surface area contributed by atoms with Gasteiger partial charge >= 0.3 is 0 Å². The van der Waals surface area contributed by atoms with Crippen LogP contribution in [0.25, 0.3) is 0 Å². The van der Waals surface area contributed by atoms with E-state index in [2.05, 4.69) is 20.8 Å². The summed E-state index contributed by atoms with van der Waals surface area (Å²) in [6.07, 6.45) is 1.98. The highest BCUT2D eigenvalue weighted by Crippen LogP contribution is 2.03. The van der Waals surface area contributed by atoms with E-state index in [9.17, 15) is 0 Å². The Kier molecular flexibility index (Phi) is 7.51. The molecule has 0 fully saturated rings. The largest absolute Gasteiger partial charge is 0.396 e. The summed E-state index contributed by atoms with van der Waals surface area (Å²) in [4.78, 5) is 0. The highest BCUT2D eigenvalue weighted by atomic mass is 16.5. The third-order valence-electron chi connectivity index (χ3n) is 1.86. The van der Waals surface area contributed by atoms with Gasteiger partial charge in [-0.1, -0.05) is 20.8 Å². The molecule has 1 atom stereocenters. The minimum atomic E-state index is 0.273. The van der Waals surface area contributed by atoms with Gasteiger partial charge in [-0.2, -0.15) is 0 Å². The summed E-state index contributed by atoms with van der Waals surface area (Å²) in [5, 5.41) is 8.63. The third kappa shape index (κ3) is 8.02. The smallest absolute Gasteiger partial charge is 0.0492 e. The van der Waals surface area contributed by atoms with E-state index in [4.69, 9.17) is 9.84 Å². The third-order valence-corrected chi connectivity index (χ3v) is 1.86. The summed E-state index contributed by atoms with van der Waals surface area (Å²) >= 11 is 0. The van der Waals surface area contributed by atoms with Crippen LogP contribution in [-0.4, -0.2) is 24.9 Å². The summed E-state index contributed by atoms with van der Waals surface area (Å²) in [6.45, 7) is 8.40. The quantitative estimate of drug-likeness (QED) is 0.599. The first-order valence-corrected chi connectivity index (χ1v) is 4.85. The maximum absolute atomic E-state index is 8.63. The number of hydrogen-bond acceptors (Lipinski definition) is 2. The first-order chi connectivity index (χ1) is 5.66. The van der Waals surface area contributed by atoms with Crippen molar-refractivity contribution in [1.82, 2.24) is 0 Å². The second-order valence-corrected chi connectivity index (χ2v) is 3.87. The molecule has 0 aliphatic carbocycles. The van der Waals surface area contributed by atoms with Crippen molar-refractivity contribution in [3.8, 4) is 0 Å². The molecule has 0 aromatic heterocycles. The average molecular weight is 174 g/mol. The van der Waals surface area contributed by atoms with Gasteiger partial charge in [0.2, 0.25) is 0 Å². The SMILES string of the molecule is CC(C)CCOCC(C)CCO. The van der Waals surface area contributed by atoms with Crippen molar-refractivity contribution < 1.29 is 9.84 Å². The van der Waals surface area contributed by atoms with Gasteiger partial charge in [-0.05, 0) is 24.7 Å². The Labute approximate surface area is 75.9 Å². The summed E-state index contributed by atoms with van der Waals surface area (Å²) in [7, 11) is 0. The molecule has 0 saturated heterocycles. The van der Waals surface area contributed by atoms with Gasteiger partial charge in [0.25, 0.3) is 0 Å². The van der Waals surface area contributed by atoms with Crippen LogP contribution >= 0.6 is 0 Å². The maximum atomic E-state index is 8.63. The van der Waals surface area contributed by atoms with Crippen LogP contribution in [-0.2, 0) is 4.74 Å². The van der Waals surface area contributed by atoms with Crippen molar-refractivity contribution in [2.24, 2.45) is 11.8 Å². The lowest BCUT2D eigenvalue weighted by molar-refractivity contribution is 0.0868. The molecule has 1 N–H and O–H groups in total. The van der Waals surface area contributed by atoms with Crippen molar-refractivity contribution in [1.29, 1.82) is 0 Å². The van der Waals surface area contributed by atoms with E-state index in [-0.39, 0.29) is 6.61 Å². The molecule has 2 nitrogen and oxygen atoms in total. The summed E-state index contributed by atoms with van der Waals surface area (Å²) in [6, 6.07) is 0. The molecule has 0 spiro atoms. The first kappa shape index (κ1) is 11.9. The van der Waals surface area contributed by atoms with Crippen LogP contribution in [0.2, 0.25) is 0 Å². The number of aliphatic hydroxyl groups is 1. The van der Waals surface area contributed by atoms with E-state index in [1.54, 1.807) is 0 Å². The van der Waals surface area contributed by atoms with Gasteiger partial charge < -0.3 is 9.84 Å². The lowest BCUT2D eigenvalue weighted by atomic mass is 10.1. The molecule has 1 unspecified atom stereocenters.